The molecule has 0 spiro atoms. The Balaban J connectivity index is 1.77. The van der Waals surface area contributed by atoms with Crippen LogP contribution >= 0.6 is 0 Å². The Bertz CT molecular complexity index is 1140. The molecule has 0 saturated heterocycles. The van der Waals surface area contributed by atoms with E-state index in [-0.39, 0.29) is 5.41 Å². The van der Waals surface area contributed by atoms with E-state index in [2.05, 4.69) is 72.3 Å². The molecule has 2 aliphatic carbocycles. The number of nitriles is 1. The third-order valence-electron chi connectivity index (χ3n) is 6.84. The van der Waals surface area contributed by atoms with Gasteiger partial charge in [-0.15, -0.1) is 0 Å². The first kappa shape index (κ1) is 18.9. The topological polar surface area (TPSA) is 39.9 Å². The molecule has 3 nitrogen and oxygen atoms in total. The highest BCUT2D eigenvalue weighted by Gasteiger charge is 2.39. The third kappa shape index (κ3) is 2.91. The zero-order valence-electron chi connectivity index (χ0n) is 17.8. The molecule has 1 aliphatic heterocycles. The minimum Gasteiger partial charge on any atom is -0.317 e. The lowest BCUT2D eigenvalue weighted by molar-refractivity contribution is 0.592. The number of benzene rings is 1. The number of fused-ring (bicyclic) bond motifs is 1. The average molecular weight is 394 g/mol. The molecule has 0 radical (unpaired) electrons. The van der Waals surface area contributed by atoms with E-state index in [1.807, 2.05) is 6.07 Å². The van der Waals surface area contributed by atoms with E-state index in [1.54, 1.807) is 6.20 Å². The van der Waals surface area contributed by atoms with E-state index < -0.39 is 0 Å². The van der Waals surface area contributed by atoms with Gasteiger partial charge in [0.1, 0.15) is 11.8 Å². The standard InChI is InChI=1S/C27H27N3/c1-27(2)22-10-4-7-13-25(22)30(26-14-8-5-11-23(26)27)24-12-6-3-9-21(24)19-15-16-29-20(17-19)18-28/h4-5,7,10-11,13,15-17H,3,6,8-9,12,14H2,1-2H3. The van der Waals surface area contributed by atoms with E-state index in [9.17, 15) is 5.26 Å². The van der Waals surface area contributed by atoms with Crippen LogP contribution in [0.2, 0.25) is 0 Å². The summed E-state index contributed by atoms with van der Waals surface area (Å²) in [5.41, 5.74) is 10.0. The van der Waals surface area contributed by atoms with Crippen LogP contribution in [0.4, 0.5) is 5.69 Å². The Hall–Kier alpha value is -3.12. The first-order chi connectivity index (χ1) is 14.6. The first-order valence-corrected chi connectivity index (χ1v) is 11.0. The first-order valence-electron chi connectivity index (χ1n) is 11.0. The van der Waals surface area contributed by atoms with E-state index in [4.69, 9.17) is 0 Å². The van der Waals surface area contributed by atoms with Gasteiger partial charge < -0.3 is 4.90 Å². The normalized spacial score (nSPS) is 20.0. The third-order valence-corrected chi connectivity index (χ3v) is 6.84. The molecule has 0 fully saturated rings. The Morgan fingerprint density at radius 2 is 1.87 bits per heavy atom. The van der Waals surface area contributed by atoms with Crippen LogP contribution in [-0.4, -0.2) is 4.98 Å². The molecule has 0 unspecified atom stereocenters. The van der Waals surface area contributed by atoms with Gasteiger partial charge in [-0.25, -0.2) is 4.98 Å². The number of rotatable bonds is 2. The summed E-state index contributed by atoms with van der Waals surface area (Å²) in [5.74, 6) is 0. The molecule has 1 aromatic heterocycles. The van der Waals surface area contributed by atoms with Crippen molar-refractivity contribution in [1.29, 1.82) is 5.26 Å². The van der Waals surface area contributed by atoms with E-state index in [1.165, 1.54) is 46.6 Å². The summed E-state index contributed by atoms with van der Waals surface area (Å²) < 4.78 is 0. The summed E-state index contributed by atoms with van der Waals surface area (Å²) in [6, 6.07) is 15.1. The summed E-state index contributed by atoms with van der Waals surface area (Å²) in [6.45, 7) is 4.71. The number of anilines is 1. The maximum absolute atomic E-state index is 9.36. The highest BCUT2D eigenvalue weighted by Crippen LogP contribution is 2.51. The van der Waals surface area contributed by atoms with Gasteiger partial charge in [-0.05, 0) is 79.0 Å². The quantitative estimate of drug-likeness (QED) is 0.574. The SMILES string of the molecule is CC1(C)C2=C(CCC=C2)N(C2=C(c3ccnc(C#N)c3)CCCC2)c2ccccc21. The lowest BCUT2D eigenvalue weighted by atomic mass is 9.71. The number of allylic oxidation sites excluding steroid dienone is 6. The lowest BCUT2D eigenvalue weighted by Crippen LogP contribution is -2.37. The molecule has 0 atom stereocenters. The Labute approximate surface area is 179 Å². The van der Waals surface area contributed by atoms with Gasteiger partial charge in [-0.3, -0.25) is 0 Å². The van der Waals surface area contributed by atoms with Crippen molar-refractivity contribution in [2.45, 2.75) is 57.8 Å². The summed E-state index contributed by atoms with van der Waals surface area (Å²) in [7, 11) is 0. The monoisotopic (exact) mass is 393 g/mol. The second-order valence-electron chi connectivity index (χ2n) is 8.95. The van der Waals surface area contributed by atoms with Gasteiger partial charge in [0, 0.05) is 28.7 Å². The molecule has 3 heteroatoms. The van der Waals surface area contributed by atoms with Crippen LogP contribution in [0.5, 0.6) is 0 Å². The second-order valence-corrected chi connectivity index (χ2v) is 8.95. The summed E-state index contributed by atoms with van der Waals surface area (Å²) in [6.07, 6.45) is 13.1. The minimum absolute atomic E-state index is 0.000614. The molecule has 2 heterocycles. The van der Waals surface area contributed by atoms with Crippen LogP contribution in [0, 0.1) is 11.3 Å². The van der Waals surface area contributed by atoms with Crippen LogP contribution in [-0.2, 0) is 5.41 Å². The van der Waals surface area contributed by atoms with Crippen LogP contribution in [0.25, 0.3) is 5.57 Å². The van der Waals surface area contributed by atoms with Crippen molar-refractivity contribution in [3.63, 3.8) is 0 Å². The van der Waals surface area contributed by atoms with Gasteiger partial charge >= 0.3 is 0 Å². The summed E-state index contributed by atoms with van der Waals surface area (Å²) in [5, 5.41) is 9.36. The van der Waals surface area contributed by atoms with Gasteiger partial charge in [0.2, 0.25) is 0 Å². The number of hydrogen-bond donors (Lipinski definition) is 0. The van der Waals surface area contributed by atoms with Crippen LogP contribution in [0.1, 0.15) is 69.2 Å². The van der Waals surface area contributed by atoms with E-state index >= 15 is 0 Å². The predicted octanol–water partition coefficient (Wildman–Crippen LogP) is 6.64. The van der Waals surface area contributed by atoms with Crippen molar-refractivity contribution in [2.24, 2.45) is 0 Å². The average Bonchev–Trinajstić information content (AvgIpc) is 2.80. The molecule has 2 aromatic rings. The fourth-order valence-electron chi connectivity index (χ4n) is 5.38. The zero-order chi connectivity index (χ0) is 20.7. The molecule has 5 rings (SSSR count). The maximum atomic E-state index is 9.36. The van der Waals surface area contributed by atoms with Crippen LogP contribution < -0.4 is 4.90 Å². The molecule has 150 valence electrons. The molecule has 0 amide bonds. The number of pyridine rings is 1. The second kappa shape index (κ2) is 7.29. The van der Waals surface area contributed by atoms with Crippen molar-refractivity contribution < 1.29 is 0 Å². The lowest BCUT2D eigenvalue weighted by Gasteiger charge is -2.46. The maximum Gasteiger partial charge on any atom is 0.141 e. The zero-order valence-corrected chi connectivity index (χ0v) is 17.8. The summed E-state index contributed by atoms with van der Waals surface area (Å²) >= 11 is 0. The molecule has 1 aromatic carbocycles. The Morgan fingerprint density at radius 1 is 1.03 bits per heavy atom. The van der Waals surface area contributed by atoms with Gasteiger partial charge in [0.05, 0.1) is 0 Å². The number of hydrogen-bond acceptors (Lipinski definition) is 3. The van der Waals surface area contributed by atoms with Crippen LogP contribution in [0.3, 0.4) is 0 Å². The minimum atomic E-state index is -0.000614. The van der Waals surface area contributed by atoms with Crippen LogP contribution in [0.15, 0.2) is 71.7 Å². The fraction of sp³-hybridized carbons (Fsp3) is 0.333. The molecule has 0 saturated carbocycles. The number of para-hydroxylation sites is 1. The largest absolute Gasteiger partial charge is 0.317 e. The fourth-order valence-corrected chi connectivity index (χ4v) is 5.38. The molecule has 0 bridgehead atoms. The molecular weight excluding hydrogens is 366 g/mol. The van der Waals surface area contributed by atoms with Gasteiger partial charge in [-0.2, -0.15) is 5.26 Å². The smallest absolute Gasteiger partial charge is 0.141 e. The van der Waals surface area contributed by atoms with Crippen molar-refractivity contribution in [3.05, 3.63) is 88.5 Å². The predicted molar refractivity (Wildman–Crippen MR) is 122 cm³/mol. The Kier molecular flexibility index (Phi) is 4.59. The van der Waals surface area contributed by atoms with E-state index in [0.29, 0.717) is 5.69 Å². The van der Waals surface area contributed by atoms with Crippen molar-refractivity contribution in [2.75, 3.05) is 4.90 Å². The van der Waals surface area contributed by atoms with Crippen molar-refractivity contribution in [3.8, 4) is 6.07 Å². The van der Waals surface area contributed by atoms with Gasteiger partial charge in [0.15, 0.2) is 0 Å². The number of nitrogens with zero attached hydrogens (tertiary/aromatic N) is 3. The molecular formula is C27H27N3. The van der Waals surface area contributed by atoms with Crippen molar-refractivity contribution >= 4 is 11.3 Å². The summed E-state index contributed by atoms with van der Waals surface area (Å²) in [4.78, 5) is 6.76. The molecule has 30 heavy (non-hydrogen) atoms. The van der Waals surface area contributed by atoms with E-state index in [0.717, 1.165) is 31.2 Å². The Morgan fingerprint density at radius 3 is 2.73 bits per heavy atom. The highest BCUT2D eigenvalue weighted by atomic mass is 15.2. The van der Waals surface area contributed by atoms with Gasteiger partial charge in [-0.1, -0.05) is 44.2 Å². The van der Waals surface area contributed by atoms with Crippen molar-refractivity contribution in [1.82, 2.24) is 4.98 Å². The highest BCUT2D eigenvalue weighted by molar-refractivity contribution is 5.80. The molecule has 3 aliphatic rings. The molecule has 0 N–H and O–H groups in total. The number of aromatic nitrogens is 1. The van der Waals surface area contributed by atoms with Gasteiger partial charge in [0.25, 0.3) is 0 Å².